The molecule has 156 valence electrons. The van der Waals surface area contributed by atoms with Gasteiger partial charge in [-0.25, -0.2) is 4.79 Å². The van der Waals surface area contributed by atoms with Crippen LogP contribution in [0.2, 0.25) is 0 Å². The van der Waals surface area contributed by atoms with Crippen molar-refractivity contribution in [1.82, 2.24) is 0 Å². The van der Waals surface area contributed by atoms with Crippen LogP contribution in [-0.2, 0) is 16.0 Å². The van der Waals surface area contributed by atoms with Gasteiger partial charge in [0.1, 0.15) is 5.75 Å². The van der Waals surface area contributed by atoms with Crippen LogP contribution in [0.15, 0.2) is 30.3 Å². The van der Waals surface area contributed by atoms with Gasteiger partial charge in [-0.3, -0.25) is 4.79 Å². The molecular formula is C21H25NO7. The molecule has 8 heteroatoms. The average Bonchev–Trinajstić information content (AvgIpc) is 2.71. The summed E-state index contributed by atoms with van der Waals surface area (Å²) in [5, 5.41) is 11.5. The predicted molar refractivity (Wildman–Crippen MR) is 107 cm³/mol. The molecule has 2 N–H and O–H groups in total. The first-order chi connectivity index (χ1) is 13.9. The maximum atomic E-state index is 12.4. The Labute approximate surface area is 169 Å². The second kappa shape index (κ2) is 10.2. The van der Waals surface area contributed by atoms with E-state index in [9.17, 15) is 9.59 Å². The number of aliphatic carboxylic acids is 1. The van der Waals surface area contributed by atoms with Crippen molar-refractivity contribution in [1.29, 1.82) is 0 Å². The van der Waals surface area contributed by atoms with E-state index in [4.69, 9.17) is 24.1 Å². The molecule has 0 saturated heterocycles. The van der Waals surface area contributed by atoms with Crippen LogP contribution in [0, 0.1) is 6.92 Å². The van der Waals surface area contributed by atoms with E-state index in [1.807, 2.05) is 6.07 Å². The highest BCUT2D eigenvalue weighted by atomic mass is 16.5. The highest BCUT2D eigenvalue weighted by Crippen LogP contribution is 2.40. The molecule has 0 saturated carbocycles. The lowest BCUT2D eigenvalue weighted by Crippen LogP contribution is -2.14. The summed E-state index contributed by atoms with van der Waals surface area (Å²) in [6.45, 7) is 1.39. The number of nitrogens with one attached hydrogen (secondary N) is 1. The van der Waals surface area contributed by atoms with Crippen LogP contribution < -0.4 is 24.3 Å². The van der Waals surface area contributed by atoms with E-state index in [1.54, 1.807) is 38.3 Å². The molecule has 29 heavy (non-hydrogen) atoms. The lowest BCUT2D eigenvalue weighted by molar-refractivity contribution is -0.139. The first kappa shape index (κ1) is 21.9. The molecular weight excluding hydrogens is 378 g/mol. The maximum Gasteiger partial charge on any atom is 0.341 e. The number of anilines is 1. The van der Waals surface area contributed by atoms with Crippen molar-refractivity contribution in [2.45, 2.75) is 19.8 Å². The standard InChI is InChI=1S/C21H25NO7/c1-13-11-15(29-12-19(24)25)7-8-16(13)22-18(23)10-6-14-5-9-17(26-2)21(28-4)20(14)27-3/h5,7-9,11H,6,10,12H2,1-4H3,(H,22,23)(H,24,25). The molecule has 8 nitrogen and oxygen atoms in total. The average molecular weight is 403 g/mol. The van der Waals surface area contributed by atoms with Crippen molar-refractivity contribution in [3.8, 4) is 23.0 Å². The molecule has 0 radical (unpaired) electrons. The van der Waals surface area contributed by atoms with Gasteiger partial charge in [-0.05, 0) is 48.7 Å². The number of methoxy groups -OCH3 is 3. The first-order valence-electron chi connectivity index (χ1n) is 8.92. The van der Waals surface area contributed by atoms with Crippen LogP contribution in [-0.4, -0.2) is 44.9 Å². The molecule has 0 atom stereocenters. The summed E-state index contributed by atoms with van der Waals surface area (Å²) >= 11 is 0. The van der Waals surface area contributed by atoms with E-state index < -0.39 is 12.6 Å². The maximum absolute atomic E-state index is 12.4. The smallest absolute Gasteiger partial charge is 0.341 e. The summed E-state index contributed by atoms with van der Waals surface area (Å²) in [6, 6.07) is 8.59. The third kappa shape index (κ3) is 5.78. The molecule has 0 unspecified atom stereocenters. The summed E-state index contributed by atoms with van der Waals surface area (Å²) < 4.78 is 21.2. The van der Waals surface area contributed by atoms with Gasteiger partial charge in [0.15, 0.2) is 18.1 Å². The fourth-order valence-electron chi connectivity index (χ4n) is 2.83. The second-order valence-corrected chi connectivity index (χ2v) is 6.20. The molecule has 1 amide bonds. The fourth-order valence-corrected chi connectivity index (χ4v) is 2.83. The number of ether oxygens (including phenoxy) is 4. The highest BCUT2D eigenvalue weighted by Gasteiger charge is 2.16. The SMILES string of the molecule is COc1ccc(CCC(=O)Nc2ccc(OCC(=O)O)cc2C)c(OC)c1OC. The van der Waals surface area contributed by atoms with Crippen LogP contribution in [0.5, 0.6) is 23.0 Å². The quantitative estimate of drug-likeness (QED) is 0.628. The minimum Gasteiger partial charge on any atom is -0.493 e. The monoisotopic (exact) mass is 403 g/mol. The van der Waals surface area contributed by atoms with Gasteiger partial charge in [0.05, 0.1) is 21.3 Å². The van der Waals surface area contributed by atoms with Crippen LogP contribution in [0.3, 0.4) is 0 Å². The zero-order valence-corrected chi connectivity index (χ0v) is 16.9. The van der Waals surface area contributed by atoms with Crippen molar-refractivity contribution in [2.24, 2.45) is 0 Å². The summed E-state index contributed by atoms with van der Waals surface area (Å²) in [6.07, 6.45) is 0.691. The van der Waals surface area contributed by atoms with E-state index in [1.165, 1.54) is 14.2 Å². The van der Waals surface area contributed by atoms with E-state index in [0.717, 1.165) is 11.1 Å². The Kier molecular flexibility index (Phi) is 7.70. The third-order valence-corrected chi connectivity index (χ3v) is 4.24. The van der Waals surface area contributed by atoms with Gasteiger partial charge in [0.2, 0.25) is 11.7 Å². The van der Waals surface area contributed by atoms with Gasteiger partial charge < -0.3 is 29.4 Å². The summed E-state index contributed by atoms with van der Waals surface area (Å²) in [5.74, 6) is 0.794. The molecule has 0 aliphatic heterocycles. The summed E-state index contributed by atoms with van der Waals surface area (Å²) in [4.78, 5) is 23.0. The van der Waals surface area contributed by atoms with Crippen molar-refractivity contribution in [3.63, 3.8) is 0 Å². The largest absolute Gasteiger partial charge is 0.493 e. The zero-order valence-electron chi connectivity index (χ0n) is 16.9. The second-order valence-electron chi connectivity index (χ2n) is 6.20. The number of aryl methyl sites for hydroxylation is 2. The topological polar surface area (TPSA) is 103 Å². The number of rotatable bonds is 10. The zero-order chi connectivity index (χ0) is 21.4. The number of carboxylic acids is 1. The predicted octanol–water partition coefficient (Wildman–Crippen LogP) is 3.06. The molecule has 2 rings (SSSR count). The van der Waals surface area contributed by atoms with Crippen LogP contribution in [0.1, 0.15) is 17.5 Å². The van der Waals surface area contributed by atoms with Gasteiger partial charge in [-0.2, -0.15) is 0 Å². The van der Waals surface area contributed by atoms with Gasteiger partial charge in [-0.1, -0.05) is 6.07 Å². The molecule has 0 spiro atoms. The van der Waals surface area contributed by atoms with Crippen LogP contribution in [0.25, 0.3) is 0 Å². The summed E-state index contributed by atoms with van der Waals surface area (Å²) in [5.41, 5.74) is 2.23. The first-order valence-corrected chi connectivity index (χ1v) is 8.92. The van der Waals surface area contributed by atoms with E-state index >= 15 is 0 Å². The van der Waals surface area contributed by atoms with E-state index in [0.29, 0.717) is 35.1 Å². The van der Waals surface area contributed by atoms with Crippen molar-refractivity contribution < 1.29 is 33.6 Å². The number of amides is 1. The molecule has 0 aliphatic carbocycles. The fraction of sp³-hybridized carbons (Fsp3) is 0.333. The molecule has 0 heterocycles. The highest BCUT2D eigenvalue weighted by molar-refractivity contribution is 5.91. The van der Waals surface area contributed by atoms with Crippen LogP contribution in [0.4, 0.5) is 5.69 Å². The molecule has 0 bridgehead atoms. The Morgan fingerprint density at radius 3 is 2.31 bits per heavy atom. The van der Waals surface area contributed by atoms with Crippen molar-refractivity contribution in [3.05, 3.63) is 41.5 Å². The van der Waals surface area contributed by atoms with Gasteiger partial charge in [-0.15, -0.1) is 0 Å². The number of benzene rings is 2. The lowest BCUT2D eigenvalue weighted by atomic mass is 10.1. The molecule has 2 aromatic carbocycles. The third-order valence-electron chi connectivity index (χ3n) is 4.24. The van der Waals surface area contributed by atoms with E-state index in [2.05, 4.69) is 5.32 Å². The Balaban J connectivity index is 2.02. The molecule has 2 aromatic rings. The van der Waals surface area contributed by atoms with Crippen LogP contribution >= 0.6 is 0 Å². The Morgan fingerprint density at radius 2 is 1.72 bits per heavy atom. The minimum absolute atomic E-state index is 0.163. The lowest BCUT2D eigenvalue weighted by Gasteiger charge is -2.16. The Hall–Kier alpha value is -3.42. The molecule has 0 fully saturated rings. The van der Waals surface area contributed by atoms with Gasteiger partial charge in [0, 0.05) is 12.1 Å². The molecule has 0 aliphatic rings. The van der Waals surface area contributed by atoms with Crippen molar-refractivity contribution in [2.75, 3.05) is 33.3 Å². The molecule has 0 aromatic heterocycles. The number of carbonyl (C=O) groups excluding carboxylic acids is 1. The van der Waals surface area contributed by atoms with E-state index in [-0.39, 0.29) is 12.3 Å². The number of hydrogen-bond donors (Lipinski definition) is 2. The number of carboxylic acid groups (broad SMARTS) is 1. The Morgan fingerprint density at radius 1 is 1.00 bits per heavy atom. The Bertz CT molecular complexity index is 880. The summed E-state index contributed by atoms with van der Waals surface area (Å²) in [7, 11) is 4.62. The van der Waals surface area contributed by atoms with Gasteiger partial charge >= 0.3 is 5.97 Å². The minimum atomic E-state index is -1.05. The normalized spacial score (nSPS) is 10.2. The number of carbonyl (C=O) groups is 2. The van der Waals surface area contributed by atoms with Gasteiger partial charge in [0.25, 0.3) is 0 Å². The number of hydrogen-bond acceptors (Lipinski definition) is 6. The van der Waals surface area contributed by atoms with Crippen molar-refractivity contribution >= 4 is 17.6 Å².